The smallest absolute Gasteiger partial charge is 0.0696 e. The summed E-state index contributed by atoms with van der Waals surface area (Å²) in [6.07, 6.45) is 9.31. The van der Waals surface area contributed by atoms with Gasteiger partial charge in [-0.25, -0.2) is 0 Å². The van der Waals surface area contributed by atoms with E-state index in [4.69, 9.17) is 0 Å². The summed E-state index contributed by atoms with van der Waals surface area (Å²) in [6, 6.07) is 13.1. The van der Waals surface area contributed by atoms with Crippen molar-refractivity contribution in [3.63, 3.8) is 0 Å². The molecule has 0 amide bonds. The summed E-state index contributed by atoms with van der Waals surface area (Å²) >= 11 is 0. The minimum absolute atomic E-state index is 0.215. The van der Waals surface area contributed by atoms with Gasteiger partial charge < -0.3 is 10.4 Å². The maximum absolute atomic E-state index is 10.5. The molecule has 4 nitrogen and oxygen atoms in total. The summed E-state index contributed by atoms with van der Waals surface area (Å²) in [7, 11) is 0. The van der Waals surface area contributed by atoms with E-state index in [0.29, 0.717) is 5.92 Å². The third-order valence-electron chi connectivity index (χ3n) is 6.03. The molecule has 2 aliphatic carbocycles. The van der Waals surface area contributed by atoms with E-state index >= 15 is 0 Å². The average Bonchev–Trinajstić information content (AvgIpc) is 3.18. The minimum atomic E-state index is -0.238. The van der Waals surface area contributed by atoms with Crippen LogP contribution in [0.5, 0.6) is 0 Å². The van der Waals surface area contributed by atoms with Gasteiger partial charge >= 0.3 is 0 Å². The maximum atomic E-state index is 10.5. The molecule has 2 saturated carbocycles. The van der Waals surface area contributed by atoms with Gasteiger partial charge in [-0.05, 0) is 43.2 Å². The first-order valence-electron chi connectivity index (χ1n) is 9.20. The van der Waals surface area contributed by atoms with Crippen molar-refractivity contribution in [1.29, 1.82) is 0 Å². The molecular weight excluding hydrogens is 298 g/mol. The largest absolute Gasteiger partial charge is 0.391 e. The van der Waals surface area contributed by atoms with E-state index in [1.165, 1.54) is 24.8 Å². The SMILES string of the molecule is O[C@@H]1CC(Cn2cccn2)C[C@H]1NCC1(c2ccccc2)CCC1. The van der Waals surface area contributed by atoms with Crippen molar-refractivity contribution in [2.75, 3.05) is 6.54 Å². The molecule has 2 aliphatic rings. The monoisotopic (exact) mass is 325 g/mol. The number of nitrogens with one attached hydrogen (secondary N) is 1. The standard InChI is InChI=1S/C20H27N3O/c24-19-13-16(14-23-11-5-10-22-23)12-18(19)21-15-20(8-4-9-20)17-6-2-1-3-7-17/h1-3,5-7,10-11,16,18-19,21,24H,4,8-9,12-15H2/t16?,18-,19-/m1/s1. The molecule has 4 rings (SSSR count). The molecule has 1 aromatic carbocycles. The van der Waals surface area contributed by atoms with Crippen LogP contribution in [0.3, 0.4) is 0 Å². The second-order valence-corrected chi connectivity index (χ2v) is 7.62. The number of hydrogen-bond donors (Lipinski definition) is 2. The Morgan fingerprint density at radius 1 is 1.17 bits per heavy atom. The van der Waals surface area contributed by atoms with Crippen molar-refractivity contribution in [2.45, 2.75) is 56.2 Å². The van der Waals surface area contributed by atoms with Crippen LogP contribution >= 0.6 is 0 Å². The van der Waals surface area contributed by atoms with Crippen molar-refractivity contribution in [3.05, 3.63) is 54.4 Å². The summed E-state index contributed by atoms with van der Waals surface area (Å²) in [5.74, 6) is 0.506. The quantitative estimate of drug-likeness (QED) is 0.858. The molecular formula is C20H27N3O. The second-order valence-electron chi connectivity index (χ2n) is 7.62. The van der Waals surface area contributed by atoms with Crippen LogP contribution in [0.15, 0.2) is 48.8 Å². The minimum Gasteiger partial charge on any atom is -0.391 e. The van der Waals surface area contributed by atoms with Crippen LogP contribution in [0, 0.1) is 5.92 Å². The van der Waals surface area contributed by atoms with Crippen LogP contribution in [0.1, 0.15) is 37.7 Å². The zero-order valence-corrected chi connectivity index (χ0v) is 14.1. The van der Waals surface area contributed by atoms with Crippen LogP contribution in [0.25, 0.3) is 0 Å². The summed E-state index contributed by atoms with van der Waals surface area (Å²) < 4.78 is 1.98. The number of aliphatic hydroxyl groups is 1. The highest BCUT2D eigenvalue weighted by Gasteiger charge is 2.40. The Morgan fingerprint density at radius 3 is 2.67 bits per heavy atom. The average molecular weight is 325 g/mol. The van der Waals surface area contributed by atoms with Gasteiger partial charge in [-0.1, -0.05) is 36.8 Å². The molecule has 3 atom stereocenters. The predicted octanol–water partition coefficient (Wildman–Crippen LogP) is 2.73. The van der Waals surface area contributed by atoms with E-state index in [0.717, 1.165) is 25.9 Å². The van der Waals surface area contributed by atoms with Gasteiger partial charge in [0.2, 0.25) is 0 Å². The lowest BCUT2D eigenvalue weighted by atomic mass is 9.64. The molecule has 128 valence electrons. The van der Waals surface area contributed by atoms with E-state index in [2.05, 4.69) is 40.7 Å². The van der Waals surface area contributed by atoms with E-state index in [-0.39, 0.29) is 17.6 Å². The summed E-state index contributed by atoms with van der Waals surface area (Å²) in [4.78, 5) is 0. The van der Waals surface area contributed by atoms with Gasteiger partial charge in [-0.15, -0.1) is 0 Å². The molecule has 0 radical (unpaired) electrons. The highest BCUT2D eigenvalue weighted by Crippen LogP contribution is 2.43. The highest BCUT2D eigenvalue weighted by atomic mass is 16.3. The molecule has 0 aliphatic heterocycles. The third-order valence-corrected chi connectivity index (χ3v) is 6.03. The van der Waals surface area contributed by atoms with Gasteiger partial charge in [-0.3, -0.25) is 4.68 Å². The molecule has 0 bridgehead atoms. The number of nitrogens with zero attached hydrogens (tertiary/aromatic N) is 2. The summed E-state index contributed by atoms with van der Waals surface area (Å²) in [5, 5.41) is 18.4. The van der Waals surface area contributed by atoms with Gasteiger partial charge in [0.1, 0.15) is 0 Å². The van der Waals surface area contributed by atoms with Crippen LogP contribution in [0.4, 0.5) is 0 Å². The van der Waals surface area contributed by atoms with Gasteiger partial charge in [0.15, 0.2) is 0 Å². The Balaban J connectivity index is 1.35. The van der Waals surface area contributed by atoms with E-state index in [9.17, 15) is 5.11 Å². The van der Waals surface area contributed by atoms with Crippen molar-refractivity contribution in [3.8, 4) is 0 Å². The molecule has 1 aromatic heterocycles. The lowest BCUT2D eigenvalue weighted by Crippen LogP contribution is -2.48. The lowest BCUT2D eigenvalue weighted by Gasteiger charge is -2.43. The first-order chi connectivity index (χ1) is 11.8. The molecule has 1 unspecified atom stereocenters. The molecule has 0 saturated heterocycles. The fourth-order valence-electron chi connectivity index (χ4n) is 4.45. The Morgan fingerprint density at radius 2 is 2.00 bits per heavy atom. The first-order valence-corrected chi connectivity index (χ1v) is 9.20. The molecule has 2 N–H and O–H groups in total. The molecule has 2 aromatic rings. The number of aliphatic hydroxyl groups excluding tert-OH is 1. The van der Waals surface area contributed by atoms with Crippen LogP contribution in [0.2, 0.25) is 0 Å². The molecule has 4 heteroatoms. The molecule has 2 fully saturated rings. The van der Waals surface area contributed by atoms with Gasteiger partial charge in [-0.2, -0.15) is 5.10 Å². The Kier molecular flexibility index (Phi) is 4.42. The van der Waals surface area contributed by atoms with E-state index < -0.39 is 0 Å². The zero-order chi connectivity index (χ0) is 16.4. The highest BCUT2D eigenvalue weighted by molar-refractivity contribution is 5.28. The first kappa shape index (κ1) is 15.9. The fraction of sp³-hybridized carbons (Fsp3) is 0.550. The molecule has 1 heterocycles. The molecule has 24 heavy (non-hydrogen) atoms. The van der Waals surface area contributed by atoms with Crippen LogP contribution < -0.4 is 5.32 Å². The van der Waals surface area contributed by atoms with E-state index in [1.807, 2.05) is 23.1 Å². The topological polar surface area (TPSA) is 50.1 Å². The van der Waals surface area contributed by atoms with Crippen molar-refractivity contribution in [2.24, 2.45) is 5.92 Å². The third kappa shape index (κ3) is 3.13. The van der Waals surface area contributed by atoms with Crippen molar-refractivity contribution in [1.82, 2.24) is 15.1 Å². The lowest BCUT2D eigenvalue weighted by molar-refractivity contribution is 0.134. The summed E-state index contributed by atoms with van der Waals surface area (Å²) in [5.41, 5.74) is 1.73. The number of benzene rings is 1. The maximum Gasteiger partial charge on any atom is 0.0696 e. The van der Waals surface area contributed by atoms with Gasteiger partial charge in [0.05, 0.1) is 6.10 Å². The van der Waals surface area contributed by atoms with Crippen molar-refractivity contribution >= 4 is 0 Å². The normalized spacial score (nSPS) is 28.6. The van der Waals surface area contributed by atoms with Crippen LogP contribution in [-0.2, 0) is 12.0 Å². The number of aromatic nitrogens is 2. The fourth-order valence-corrected chi connectivity index (χ4v) is 4.45. The second kappa shape index (κ2) is 6.69. The Bertz CT molecular complexity index is 636. The van der Waals surface area contributed by atoms with Crippen LogP contribution in [-0.4, -0.2) is 33.6 Å². The number of hydrogen-bond acceptors (Lipinski definition) is 3. The van der Waals surface area contributed by atoms with Crippen molar-refractivity contribution < 1.29 is 5.11 Å². The van der Waals surface area contributed by atoms with E-state index in [1.54, 1.807) is 0 Å². The number of rotatable bonds is 6. The molecule has 0 spiro atoms. The zero-order valence-electron chi connectivity index (χ0n) is 14.1. The predicted molar refractivity (Wildman–Crippen MR) is 94.7 cm³/mol. The Hall–Kier alpha value is -1.65. The Labute approximate surface area is 143 Å². The van der Waals surface area contributed by atoms with Gasteiger partial charge in [0, 0.05) is 36.9 Å². The van der Waals surface area contributed by atoms with Gasteiger partial charge in [0.25, 0.3) is 0 Å². The summed E-state index contributed by atoms with van der Waals surface area (Å²) in [6.45, 7) is 1.89.